The van der Waals surface area contributed by atoms with Crippen molar-refractivity contribution >= 4 is 5.91 Å². The minimum atomic E-state index is -4.96. The highest BCUT2D eigenvalue weighted by atomic mass is 19.4. The predicted molar refractivity (Wildman–Crippen MR) is 89.1 cm³/mol. The molecule has 0 aliphatic carbocycles. The number of nitrogens with zero attached hydrogens (tertiary/aromatic N) is 2. The summed E-state index contributed by atoms with van der Waals surface area (Å²) in [6.45, 7) is 0.155. The fourth-order valence-electron chi connectivity index (χ4n) is 4.11. The van der Waals surface area contributed by atoms with Crippen LogP contribution in [-0.2, 0) is 18.9 Å². The Balaban J connectivity index is 1.80. The Morgan fingerprint density at radius 2 is 1.48 bits per heavy atom. The molecule has 1 aromatic heterocycles. The van der Waals surface area contributed by atoms with E-state index < -0.39 is 41.5 Å². The molecule has 0 radical (unpaired) electrons. The van der Waals surface area contributed by atoms with E-state index in [1.807, 2.05) is 0 Å². The van der Waals surface area contributed by atoms with Crippen LogP contribution in [0.25, 0.3) is 0 Å². The van der Waals surface area contributed by atoms with Gasteiger partial charge in [0.25, 0.3) is 11.5 Å². The summed E-state index contributed by atoms with van der Waals surface area (Å²) in [5, 5.41) is 0. The summed E-state index contributed by atoms with van der Waals surface area (Å²) < 4.78 is 80.4. The summed E-state index contributed by atoms with van der Waals surface area (Å²) in [5.74, 6) is -0.576. The average molecular weight is 416 g/mol. The highest BCUT2D eigenvalue weighted by molar-refractivity contribution is 5.94. The molecule has 1 amide bonds. The van der Waals surface area contributed by atoms with Gasteiger partial charge in [0, 0.05) is 12.6 Å². The lowest BCUT2D eigenvalue weighted by atomic mass is 9.98. The van der Waals surface area contributed by atoms with Gasteiger partial charge in [-0.25, -0.2) is 0 Å². The van der Waals surface area contributed by atoms with Crippen LogP contribution in [0.1, 0.15) is 46.1 Å². The van der Waals surface area contributed by atoms with Crippen molar-refractivity contribution in [2.75, 3.05) is 0 Å². The minimum absolute atomic E-state index is 0.0722. The molecule has 1 aromatic carbocycles. The lowest BCUT2D eigenvalue weighted by Crippen LogP contribution is -2.48. The van der Waals surface area contributed by atoms with Crippen LogP contribution in [0.3, 0.4) is 0 Å². The molecular formula is C19H14F6N2O2. The van der Waals surface area contributed by atoms with Gasteiger partial charge in [0.05, 0.1) is 23.2 Å². The van der Waals surface area contributed by atoms with Crippen LogP contribution in [0.4, 0.5) is 26.3 Å². The molecule has 2 unspecified atom stereocenters. The van der Waals surface area contributed by atoms with Gasteiger partial charge < -0.3 is 9.47 Å². The zero-order valence-electron chi connectivity index (χ0n) is 14.7. The fraction of sp³-hybridized carbons (Fsp3) is 0.368. The summed E-state index contributed by atoms with van der Waals surface area (Å²) in [5.41, 5.74) is -3.34. The van der Waals surface area contributed by atoms with E-state index in [0.29, 0.717) is 18.6 Å². The zero-order valence-corrected chi connectivity index (χ0v) is 14.7. The molecule has 1 fully saturated rings. The first-order valence-electron chi connectivity index (χ1n) is 8.79. The molecule has 2 aliphatic heterocycles. The summed E-state index contributed by atoms with van der Waals surface area (Å²) in [6, 6.07) is 4.12. The minimum Gasteiger partial charge on any atom is -0.326 e. The van der Waals surface area contributed by atoms with Crippen LogP contribution in [0.15, 0.2) is 41.2 Å². The summed E-state index contributed by atoms with van der Waals surface area (Å²) in [4.78, 5) is 26.2. The molecule has 4 rings (SSSR count). The fourth-order valence-corrected chi connectivity index (χ4v) is 4.11. The largest absolute Gasteiger partial charge is 0.416 e. The third-order valence-electron chi connectivity index (χ3n) is 5.39. The Hall–Kier alpha value is -2.78. The Kier molecular flexibility index (Phi) is 4.29. The molecule has 0 N–H and O–H groups in total. The highest BCUT2D eigenvalue weighted by Crippen LogP contribution is 2.43. The maximum atomic E-state index is 13.2. The van der Waals surface area contributed by atoms with E-state index in [1.165, 1.54) is 27.7 Å². The van der Waals surface area contributed by atoms with Gasteiger partial charge in [-0.1, -0.05) is 6.07 Å². The number of halogens is 6. The molecule has 0 saturated carbocycles. The lowest BCUT2D eigenvalue weighted by molar-refractivity contribution is -0.143. The second-order valence-electron chi connectivity index (χ2n) is 7.16. The number of hydrogen-bond acceptors (Lipinski definition) is 2. The average Bonchev–Trinajstić information content (AvgIpc) is 3.05. The van der Waals surface area contributed by atoms with E-state index in [-0.39, 0.29) is 35.8 Å². The molecule has 10 heteroatoms. The number of carbonyl (C=O) groups is 1. The maximum absolute atomic E-state index is 13.2. The van der Waals surface area contributed by atoms with Crippen molar-refractivity contribution in [3.8, 4) is 0 Å². The Morgan fingerprint density at radius 1 is 0.862 bits per heavy atom. The van der Waals surface area contributed by atoms with Gasteiger partial charge >= 0.3 is 12.4 Å². The third kappa shape index (κ3) is 3.30. The van der Waals surface area contributed by atoms with Crippen LogP contribution in [0, 0.1) is 0 Å². The highest BCUT2D eigenvalue weighted by Gasteiger charge is 2.44. The molecule has 1 saturated heterocycles. The number of hydrogen-bond donors (Lipinski definition) is 0. The quantitative estimate of drug-likeness (QED) is 0.653. The SMILES string of the molecule is O=C1c2cccc(=O)n2CC2CCC(c3cc(C(F)(F)F)cc(C(F)(F)F)c3)N12. The smallest absolute Gasteiger partial charge is 0.326 e. The Morgan fingerprint density at radius 3 is 2.07 bits per heavy atom. The van der Waals surface area contributed by atoms with Crippen LogP contribution in [-0.4, -0.2) is 21.4 Å². The third-order valence-corrected chi connectivity index (χ3v) is 5.39. The van der Waals surface area contributed by atoms with Crippen molar-refractivity contribution < 1.29 is 31.1 Å². The van der Waals surface area contributed by atoms with E-state index in [0.717, 1.165) is 0 Å². The monoisotopic (exact) mass is 416 g/mol. The number of aromatic nitrogens is 1. The van der Waals surface area contributed by atoms with Crippen molar-refractivity contribution in [1.82, 2.24) is 9.47 Å². The van der Waals surface area contributed by atoms with Gasteiger partial charge in [0.2, 0.25) is 0 Å². The number of carbonyl (C=O) groups excluding carboxylic acids is 1. The standard InChI is InChI=1S/C19H14F6N2O2/c20-18(21,22)11-6-10(7-12(8-11)19(23,24)25)14-5-4-13-9-26-15(17(29)27(13)14)2-1-3-16(26)28/h1-3,6-8,13-14H,4-5,9H2. The van der Waals surface area contributed by atoms with E-state index >= 15 is 0 Å². The van der Waals surface area contributed by atoms with E-state index in [2.05, 4.69) is 0 Å². The Bertz CT molecular complexity index is 1010. The maximum Gasteiger partial charge on any atom is 0.416 e. The number of fused-ring (bicyclic) bond motifs is 2. The molecule has 2 atom stereocenters. The lowest BCUT2D eigenvalue weighted by Gasteiger charge is -2.36. The predicted octanol–water partition coefficient (Wildman–Crippen LogP) is 4.25. The van der Waals surface area contributed by atoms with Gasteiger partial charge in [-0.05, 0) is 42.7 Å². The Labute approximate surface area is 160 Å². The van der Waals surface area contributed by atoms with Crippen molar-refractivity contribution in [1.29, 1.82) is 0 Å². The van der Waals surface area contributed by atoms with Crippen molar-refractivity contribution in [2.45, 2.75) is 43.8 Å². The van der Waals surface area contributed by atoms with Gasteiger partial charge in [0.1, 0.15) is 5.69 Å². The van der Waals surface area contributed by atoms with Crippen LogP contribution in [0.2, 0.25) is 0 Å². The first kappa shape index (κ1) is 19.5. The summed E-state index contributed by atoms with van der Waals surface area (Å²) in [7, 11) is 0. The molecular weight excluding hydrogens is 402 g/mol. The van der Waals surface area contributed by atoms with Crippen LogP contribution < -0.4 is 5.56 Å². The molecule has 154 valence electrons. The van der Waals surface area contributed by atoms with Crippen LogP contribution in [0.5, 0.6) is 0 Å². The molecule has 29 heavy (non-hydrogen) atoms. The second kappa shape index (κ2) is 6.36. The van der Waals surface area contributed by atoms with Gasteiger partial charge in [-0.2, -0.15) is 26.3 Å². The molecule has 3 heterocycles. The second-order valence-corrected chi connectivity index (χ2v) is 7.16. The molecule has 0 bridgehead atoms. The van der Waals surface area contributed by atoms with E-state index in [9.17, 15) is 35.9 Å². The normalized spacial score (nSPS) is 21.9. The molecule has 2 aromatic rings. The topological polar surface area (TPSA) is 42.3 Å². The first-order chi connectivity index (χ1) is 13.5. The molecule has 4 nitrogen and oxygen atoms in total. The van der Waals surface area contributed by atoms with Crippen molar-refractivity contribution in [3.05, 3.63) is 69.1 Å². The van der Waals surface area contributed by atoms with Crippen molar-refractivity contribution in [3.63, 3.8) is 0 Å². The van der Waals surface area contributed by atoms with E-state index in [4.69, 9.17) is 0 Å². The zero-order chi connectivity index (χ0) is 21.1. The number of pyridine rings is 1. The summed E-state index contributed by atoms with van der Waals surface area (Å²) in [6.07, 6.45) is -9.34. The van der Waals surface area contributed by atoms with Gasteiger partial charge in [-0.3, -0.25) is 9.59 Å². The molecule has 2 aliphatic rings. The van der Waals surface area contributed by atoms with Crippen LogP contribution >= 0.6 is 0 Å². The summed E-state index contributed by atoms with van der Waals surface area (Å²) >= 11 is 0. The number of rotatable bonds is 1. The van der Waals surface area contributed by atoms with Crippen molar-refractivity contribution in [2.24, 2.45) is 0 Å². The van der Waals surface area contributed by atoms with Gasteiger partial charge in [-0.15, -0.1) is 0 Å². The van der Waals surface area contributed by atoms with E-state index in [1.54, 1.807) is 0 Å². The number of alkyl halides is 6. The number of benzene rings is 1. The van der Waals surface area contributed by atoms with Gasteiger partial charge in [0.15, 0.2) is 0 Å². The first-order valence-corrected chi connectivity index (χ1v) is 8.79. The number of amides is 1. The molecule has 0 spiro atoms.